The Hall–Kier alpha value is -6.65. The molecule has 0 bridgehead atoms. The molecule has 0 spiro atoms. The van der Waals surface area contributed by atoms with E-state index in [1.807, 2.05) is 18.2 Å². The summed E-state index contributed by atoms with van der Waals surface area (Å²) in [5.41, 5.74) is 6.76. The number of hydrogen-bond donors (Lipinski definition) is 0. The van der Waals surface area contributed by atoms with Gasteiger partial charge in [0, 0.05) is 32.8 Å². The average molecular weight is 626 g/mol. The van der Waals surface area contributed by atoms with Gasteiger partial charge < -0.3 is 4.42 Å². The highest BCUT2D eigenvalue weighted by Crippen LogP contribution is 2.42. The van der Waals surface area contributed by atoms with Crippen LogP contribution in [-0.4, -0.2) is 15.0 Å². The Kier molecular flexibility index (Phi) is 6.15. The molecular weight excluding hydrogens is 599 g/mol. The molecule has 228 valence electrons. The van der Waals surface area contributed by atoms with Crippen LogP contribution in [0.4, 0.5) is 0 Å². The Balaban J connectivity index is 1.28. The molecule has 49 heavy (non-hydrogen) atoms. The number of fused-ring (bicyclic) bond motifs is 7. The molecule has 0 aliphatic heterocycles. The normalized spacial score (nSPS) is 11.7. The number of hydrogen-bond acceptors (Lipinski definition) is 4. The first-order valence-corrected chi connectivity index (χ1v) is 16.4. The zero-order valence-electron chi connectivity index (χ0n) is 26.3. The standard InChI is InChI=1S/C45H27N3O/c1-2-11-28(12-3-1)32-22-23-33-27-39(41-37-18-8-9-20-40(37)49-42(41)38(33)26-32)45-47-43(34-24-21-29-13-4-5-15-31(29)25-34)46-44(48-45)36-19-10-16-30-14-6-7-17-35(30)36/h1-27H. The van der Waals surface area contributed by atoms with Gasteiger partial charge in [-0.25, -0.2) is 15.0 Å². The Bertz CT molecular complexity index is 2890. The Morgan fingerprint density at radius 2 is 1.00 bits per heavy atom. The highest BCUT2D eigenvalue weighted by atomic mass is 16.3. The fourth-order valence-electron chi connectivity index (χ4n) is 7.09. The molecule has 0 saturated heterocycles. The molecule has 2 aromatic heterocycles. The van der Waals surface area contributed by atoms with Crippen LogP contribution in [0.1, 0.15) is 0 Å². The molecule has 0 unspecified atom stereocenters. The topological polar surface area (TPSA) is 51.8 Å². The summed E-state index contributed by atoms with van der Waals surface area (Å²) in [6.45, 7) is 0. The molecule has 4 nitrogen and oxygen atoms in total. The average Bonchev–Trinajstić information content (AvgIpc) is 3.57. The number of rotatable bonds is 4. The number of nitrogens with zero attached hydrogens (tertiary/aromatic N) is 3. The van der Waals surface area contributed by atoms with Gasteiger partial charge in [-0.1, -0.05) is 140 Å². The lowest BCUT2D eigenvalue weighted by Gasteiger charge is -2.12. The summed E-state index contributed by atoms with van der Waals surface area (Å²) in [6.07, 6.45) is 0. The first-order valence-electron chi connectivity index (χ1n) is 16.4. The third-order valence-corrected chi connectivity index (χ3v) is 9.48. The van der Waals surface area contributed by atoms with E-state index in [1.54, 1.807) is 0 Å². The van der Waals surface area contributed by atoms with Crippen LogP contribution in [0.2, 0.25) is 0 Å². The lowest BCUT2D eigenvalue weighted by Crippen LogP contribution is -2.01. The molecule has 0 aliphatic rings. The van der Waals surface area contributed by atoms with E-state index in [-0.39, 0.29) is 0 Å². The van der Waals surface area contributed by atoms with Crippen molar-refractivity contribution in [1.29, 1.82) is 0 Å². The van der Waals surface area contributed by atoms with Gasteiger partial charge >= 0.3 is 0 Å². The summed E-state index contributed by atoms with van der Waals surface area (Å²) in [5, 5.41) is 8.67. The summed E-state index contributed by atoms with van der Waals surface area (Å²) in [5.74, 6) is 1.86. The molecule has 0 atom stereocenters. The minimum atomic E-state index is 0.603. The molecule has 0 aliphatic carbocycles. The van der Waals surface area contributed by atoms with E-state index in [1.165, 1.54) is 5.39 Å². The second kappa shape index (κ2) is 11.0. The second-order valence-corrected chi connectivity index (χ2v) is 12.4. The molecule has 0 N–H and O–H groups in total. The van der Waals surface area contributed by atoms with Crippen LogP contribution in [0, 0.1) is 0 Å². The molecule has 0 amide bonds. The number of aromatic nitrogens is 3. The van der Waals surface area contributed by atoms with Crippen LogP contribution < -0.4 is 0 Å². The van der Waals surface area contributed by atoms with Gasteiger partial charge in [0.2, 0.25) is 0 Å². The third-order valence-electron chi connectivity index (χ3n) is 9.48. The maximum absolute atomic E-state index is 6.68. The van der Waals surface area contributed by atoms with Crippen LogP contribution >= 0.6 is 0 Å². The van der Waals surface area contributed by atoms with Crippen molar-refractivity contribution in [2.45, 2.75) is 0 Å². The van der Waals surface area contributed by atoms with Crippen LogP contribution in [-0.2, 0) is 0 Å². The Morgan fingerprint density at radius 3 is 1.88 bits per heavy atom. The summed E-state index contributed by atoms with van der Waals surface area (Å²) in [7, 11) is 0. The number of furan rings is 1. The molecule has 8 aromatic carbocycles. The molecule has 10 rings (SSSR count). The predicted octanol–water partition coefficient (Wildman–Crippen LogP) is 11.9. The van der Waals surface area contributed by atoms with Gasteiger partial charge in [0.15, 0.2) is 17.5 Å². The summed E-state index contributed by atoms with van der Waals surface area (Å²) in [6, 6.07) is 56.9. The summed E-state index contributed by atoms with van der Waals surface area (Å²) < 4.78 is 6.68. The second-order valence-electron chi connectivity index (χ2n) is 12.4. The van der Waals surface area contributed by atoms with Crippen LogP contribution in [0.25, 0.3) is 99.5 Å². The monoisotopic (exact) mass is 625 g/mol. The largest absolute Gasteiger partial charge is 0.455 e. The fraction of sp³-hybridized carbons (Fsp3) is 0. The molecule has 0 fully saturated rings. The summed E-state index contributed by atoms with van der Waals surface area (Å²) in [4.78, 5) is 15.6. The van der Waals surface area contributed by atoms with Crippen LogP contribution in [0.3, 0.4) is 0 Å². The van der Waals surface area contributed by atoms with Gasteiger partial charge in [0.05, 0.1) is 0 Å². The third kappa shape index (κ3) is 4.57. The molecule has 0 saturated carbocycles. The van der Waals surface area contributed by atoms with Crippen LogP contribution in [0.15, 0.2) is 168 Å². The highest BCUT2D eigenvalue weighted by molar-refractivity contribution is 6.21. The molecule has 0 radical (unpaired) electrons. The van der Waals surface area contributed by atoms with Crippen molar-refractivity contribution in [1.82, 2.24) is 15.0 Å². The van der Waals surface area contributed by atoms with E-state index < -0.39 is 0 Å². The lowest BCUT2D eigenvalue weighted by atomic mass is 9.96. The van der Waals surface area contributed by atoms with E-state index >= 15 is 0 Å². The number of para-hydroxylation sites is 1. The Morgan fingerprint density at radius 1 is 0.347 bits per heavy atom. The first kappa shape index (κ1) is 27.5. The van der Waals surface area contributed by atoms with Gasteiger partial charge in [-0.3, -0.25) is 0 Å². The lowest BCUT2D eigenvalue weighted by molar-refractivity contribution is 0.672. The van der Waals surface area contributed by atoms with Crippen molar-refractivity contribution < 1.29 is 4.42 Å². The zero-order chi connectivity index (χ0) is 32.3. The van der Waals surface area contributed by atoms with Gasteiger partial charge in [0.1, 0.15) is 11.2 Å². The van der Waals surface area contributed by atoms with E-state index in [0.29, 0.717) is 17.5 Å². The Labute approximate surface area is 282 Å². The van der Waals surface area contributed by atoms with E-state index in [0.717, 1.165) is 76.7 Å². The fourth-order valence-corrected chi connectivity index (χ4v) is 7.09. The molecule has 2 heterocycles. The smallest absolute Gasteiger partial charge is 0.164 e. The maximum atomic E-state index is 6.68. The van der Waals surface area contributed by atoms with Crippen molar-refractivity contribution in [3.63, 3.8) is 0 Å². The first-order chi connectivity index (χ1) is 24.3. The highest BCUT2D eigenvalue weighted by Gasteiger charge is 2.21. The minimum absolute atomic E-state index is 0.603. The van der Waals surface area contributed by atoms with Crippen molar-refractivity contribution in [2.75, 3.05) is 0 Å². The van der Waals surface area contributed by atoms with Gasteiger partial charge in [-0.05, 0) is 62.3 Å². The number of benzene rings is 8. The molecule has 4 heteroatoms. The van der Waals surface area contributed by atoms with Crippen molar-refractivity contribution >= 4 is 54.3 Å². The van der Waals surface area contributed by atoms with Gasteiger partial charge in [-0.2, -0.15) is 0 Å². The van der Waals surface area contributed by atoms with Crippen molar-refractivity contribution in [2.24, 2.45) is 0 Å². The molecular formula is C45H27N3O. The van der Waals surface area contributed by atoms with Crippen molar-refractivity contribution in [3.8, 4) is 45.3 Å². The SMILES string of the molecule is c1ccc(-c2ccc3cc(-c4nc(-c5ccc6ccccc6c5)nc(-c5cccc6ccccc56)n4)c4c5ccccc5oc4c3c2)cc1. The van der Waals surface area contributed by atoms with E-state index in [9.17, 15) is 0 Å². The van der Waals surface area contributed by atoms with Crippen LogP contribution in [0.5, 0.6) is 0 Å². The van der Waals surface area contributed by atoms with E-state index in [2.05, 4.69) is 146 Å². The zero-order valence-corrected chi connectivity index (χ0v) is 26.3. The summed E-state index contributed by atoms with van der Waals surface area (Å²) >= 11 is 0. The van der Waals surface area contributed by atoms with Crippen molar-refractivity contribution in [3.05, 3.63) is 164 Å². The van der Waals surface area contributed by atoms with Gasteiger partial charge in [-0.15, -0.1) is 0 Å². The van der Waals surface area contributed by atoms with Gasteiger partial charge in [0.25, 0.3) is 0 Å². The van der Waals surface area contributed by atoms with E-state index in [4.69, 9.17) is 19.4 Å². The molecule has 10 aromatic rings. The quantitative estimate of drug-likeness (QED) is 0.195. The minimum Gasteiger partial charge on any atom is -0.455 e. The maximum Gasteiger partial charge on any atom is 0.164 e. The predicted molar refractivity (Wildman–Crippen MR) is 201 cm³/mol.